The third-order valence-corrected chi connectivity index (χ3v) is 10.5. The van der Waals surface area contributed by atoms with Gasteiger partial charge in [0.2, 0.25) is 5.91 Å². The normalized spacial score (nSPS) is 30.4. The Kier molecular flexibility index (Phi) is 10.00. The second-order valence-corrected chi connectivity index (χ2v) is 13.0. The van der Waals surface area contributed by atoms with Crippen molar-refractivity contribution in [3.63, 3.8) is 0 Å². The van der Waals surface area contributed by atoms with E-state index in [1.807, 2.05) is 24.1 Å². The molecule has 1 aromatic rings. The Morgan fingerprint density at radius 3 is 2.46 bits per heavy atom. The number of nitrogens with zero attached hydrogens (tertiary/aromatic N) is 1. The standard InChI is InChI=1S/C33H53NO3/c1-4-21-34(3)31(37)14-12-10-8-6-5-7-9-11-13-24-22-25-23-26(35)15-16-27(25)28-19-20-33(2)29(32(24)28)17-18-30(33)36/h15-16,23-24,28-30,32,35-36H,4-14,17-22H2,1-3H3/t24-,28-,29+,30+,32-,33+/m1/s1. The number of phenolic OH excluding ortho intramolecular Hbond substituents is 1. The summed E-state index contributed by atoms with van der Waals surface area (Å²) in [5.74, 6) is 3.32. The average Bonchev–Trinajstić information content (AvgIpc) is 3.18. The predicted octanol–water partition coefficient (Wildman–Crippen LogP) is 7.60. The number of phenols is 1. The van der Waals surface area contributed by atoms with Crippen LogP contribution in [-0.4, -0.2) is 40.7 Å². The van der Waals surface area contributed by atoms with Crippen molar-refractivity contribution < 1.29 is 15.0 Å². The van der Waals surface area contributed by atoms with E-state index in [9.17, 15) is 15.0 Å². The Bertz CT molecular complexity index is 884. The first kappa shape index (κ1) is 28.5. The Hall–Kier alpha value is -1.55. The molecular weight excluding hydrogens is 458 g/mol. The lowest BCUT2D eigenvalue weighted by Gasteiger charge is -2.53. The number of aliphatic hydroxyl groups excluding tert-OH is 1. The van der Waals surface area contributed by atoms with Gasteiger partial charge in [-0.2, -0.15) is 0 Å². The lowest BCUT2D eigenvalue weighted by molar-refractivity contribution is -0.130. The molecule has 0 aliphatic heterocycles. The summed E-state index contributed by atoms with van der Waals surface area (Å²) in [5.41, 5.74) is 2.97. The van der Waals surface area contributed by atoms with Crippen molar-refractivity contribution in [2.75, 3.05) is 13.6 Å². The van der Waals surface area contributed by atoms with Crippen LogP contribution in [0, 0.1) is 23.2 Å². The number of rotatable bonds is 13. The number of hydrogen-bond donors (Lipinski definition) is 2. The number of unbranched alkanes of at least 4 members (excludes halogenated alkanes) is 7. The van der Waals surface area contributed by atoms with Crippen LogP contribution in [0.15, 0.2) is 18.2 Å². The predicted molar refractivity (Wildman–Crippen MR) is 152 cm³/mol. The molecule has 0 spiro atoms. The summed E-state index contributed by atoms with van der Waals surface area (Å²) >= 11 is 0. The summed E-state index contributed by atoms with van der Waals surface area (Å²) in [6.07, 6.45) is 18.4. The van der Waals surface area contributed by atoms with E-state index < -0.39 is 0 Å². The molecule has 0 bridgehead atoms. The van der Waals surface area contributed by atoms with Crippen molar-refractivity contribution in [2.45, 2.75) is 129 Å². The molecule has 1 amide bonds. The van der Waals surface area contributed by atoms with Gasteiger partial charge >= 0.3 is 0 Å². The van der Waals surface area contributed by atoms with Crippen LogP contribution < -0.4 is 0 Å². The van der Waals surface area contributed by atoms with E-state index in [0.717, 1.165) is 38.6 Å². The number of benzene rings is 1. The summed E-state index contributed by atoms with van der Waals surface area (Å²) in [6.45, 7) is 5.36. The van der Waals surface area contributed by atoms with Crippen molar-refractivity contribution in [2.24, 2.45) is 23.2 Å². The molecule has 4 heteroatoms. The van der Waals surface area contributed by atoms with Gasteiger partial charge in [0.15, 0.2) is 0 Å². The molecule has 37 heavy (non-hydrogen) atoms. The molecule has 2 N–H and O–H groups in total. The number of aliphatic hydroxyl groups is 1. The van der Waals surface area contributed by atoms with Gasteiger partial charge in [0.05, 0.1) is 6.10 Å². The van der Waals surface area contributed by atoms with Gasteiger partial charge in [0.1, 0.15) is 5.75 Å². The van der Waals surface area contributed by atoms with Crippen LogP contribution in [0.5, 0.6) is 5.75 Å². The molecule has 0 unspecified atom stereocenters. The zero-order valence-corrected chi connectivity index (χ0v) is 23.9. The topological polar surface area (TPSA) is 60.8 Å². The van der Waals surface area contributed by atoms with Crippen molar-refractivity contribution >= 4 is 5.91 Å². The molecule has 1 aromatic carbocycles. The maximum atomic E-state index is 12.0. The number of carbonyl (C=O) groups is 1. The van der Waals surface area contributed by atoms with Gasteiger partial charge in [-0.1, -0.05) is 64.9 Å². The molecule has 3 aliphatic carbocycles. The second-order valence-electron chi connectivity index (χ2n) is 13.0. The van der Waals surface area contributed by atoms with Crippen molar-refractivity contribution in [3.05, 3.63) is 29.3 Å². The summed E-state index contributed by atoms with van der Waals surface area (Å²) < 4.78 is 0. The Balaban J connectivity index is 1.21. The molecule has 2 saturated carbocycles. The van der Waals surface area contributed by atoms with Gasteiger partial charge in [-0.3, -0.25) is 4.79 Å². The van der Waals surface area contributed by atoms with Crippen molar-refractivity contribution in [3.8, 4) is 5.75 Å². The fourth-order valence-electron chi connectivity index (χ4n) is 8.43. The molecule has 0 aromatic heterocycles. The molecule has 0 radical (unpaired) electrons. The van der Waals surface area contributed by atoms with Crippen LogP contribution in [0.3, 0.4) is 0 Å². The molecule has 0 saturated heterocycles. The van der Waals surface area contributed by atoms with E-state index in [1.165, 1.54) is 75.3 Å². The molecule has 0 heterocycles. The van der Waals surface area contributed by atoms with E-state index in [1.54, 1.807) is 0 Å². The lowest BCUT2D eigenvalue weighted by atomic mass is 9.52. The molecule has 2 fully saturated rings. The minimum absolute atomic E-state index is 0.101. The third-order valence-electron chi connectivity index (χ3n) is 10.5. The van der Waals surface area contributed by atoms with Gasteiger partial charge < -0.3 is 15.1 Å². The van der Waals surface area contributed by atoms with E-state index >= 15 is 0 Å². The van der Waals surface area contributed by atoms with Gasteiger partial charge in [0, 0.05) is 20.0 Å². The minimum Gasteiger partial charge on any atom is -0.508 e. The summed E-state index contributed by atoms with van der Waals surface area (Å²) in [6, 6.07) is 6.12. The fraction of sp³-hybridized carbons (Fsp3) is 0.788. The zero-order chi connectivity index (χ0) is 26.4. The highest BCUT2D eigenvalue weighted by molar-refractivity contribution is 5.75. The monoisotopic (exact) mass is 511 g/mol. The molecule has 3 aliphatic rings. The molecular formula is C33H53NO3. The summed E-state index contributed by atoms with van der Waals surface area (Å²) in [7, 11) is 1.92. The third kappa shape index (κ3) is 6.54. The minimum atomic E-state index is -0.129. The Labute approximate surface area is 226 Å². The maximum absolute atomic E-state index is 12.0. The number of fused-ring (bicyclic) bond motifs is 5. The van der Waals surface area contributed by atoms with Gasteiger partial charge in [-0.25, -0.2) is 0 Å². The smallest absolute Gasteiger partial charge is 0.222 e. The molecule has 4 rings (SSSR count). The highest BCUT2D eigenvalue weighted by atomic mass is 16.3. The summed E-state index contributed by atoms with van der Waals surface area (Å²) in [5, 5.41) is 21.0. The van der Waals surface area contributed by atoms with Crippen LogP contribution in [0.1, 0.15) is 127 Å². The van der Waals surface area contributed by atoms with Gasteiger partial charge in [0.25, 0.3) is 0 Å². The highest BCUT2D eigenvalue weighted by Gasteiger charge is 2.56. The first-order valence-electron chi connectivity index (χ1n) is 15.6. The highest BCUT2D eigenvalue weighted by Crippen LogP contribution is 2.62. The van der Waals surface area contributed by atoms with E-state index in [0.29, 0.717) is 41.7 Å². The van der Waals surface area contributed by atoms with E-state index in [-0.39, 0.29) is 11.5 Å². The summed E-state index contributed by atoms with van der Waals surface area (Å²) in [4.78, 5) is 13.9. The molecule has 6 atom stereocenters. The second kappa shape index (κ2) is 13.0. The van der Waals surface area contributed by atoms with Crippen LogP contribution in [0.2, 0.25) is 0 Å². The SMILES string of the molecule is CCCN(C)C(=O)CCCCCCCCCC[C@@H]1Cc2cc(O)ccc2[C@H]2CC[C@]3(C)[C@@H](O)CC[C@H]3[C@H]12. The first-order valence-corrected chi connectivity index (χ1v) is 15.6. The largest absolute Gasteiger partial charge is 0.508 e. The van der Waals surface area contributed by atoms with E-state index in [4.69, 9.17) is 0 Å². The number of carbonyl (C=O) groups excluding carboxylic acids is 1. The van der Waals surface area contributed by atoms with Crippen molar-refractivity contribution in [1.29, 1.82) is 0 Å². The molecule has 208 valence electrons. The number of amides is 1. The zero-order valence-electron chi connectivity index (χ0n) is 23.9. The quantitative estimate of drug-likeness (QED) is 0.268. The van der Waals surface area contributed by atoms with E-state index in [2.05, 4.69) is 19.9 Å². The first-order chi connectivity index (χ1) is 17.8. The van der Waals surface area contributed by atoms with Gasteiger partial charge in [-0.05, 0) is 104 Å². The number of hydrogen-bond acceptors (Lipinski definition) is 3. The maximum Gasteiger partial charge on any atom is 0.222 e. The van der Waals surface area contributed by atoms with Crippen LogP contribution >= 0.6 is 0 Å². The molecule has 4 nitrogen and oxygen atoms in total. The van der Waals surface area contributed by atoms with Crippen LogP contribution in [-0.2, 0) is 11.2 Å². The van der Waals surface area contributed by atoms with Crippen LogP contribution in [0.25, 0.3) is 0 Å². The Morgan fingerprint density at radius 2 is 1.73 bits per heavy atom. The lowest BCUT2D eigenvalue weighted by Crippen LogP contribution is -2.47. The fourth-order valence-corrected chi connectivity index (χ4v) is 8.43. The van der Waals surface area contributed by atoms with Crippen molar-refractivity contribution in [1.82, 2.24) is 4.90 Å². The Morgan fingerprint density at radius 1 is 1.03 bits per heavy atom. The number of aromatic hydroxyl groups is 1. The van der Waals surface area contributed by atoms with Crippen LogP contribution in [0.4, 0.5) is 0 Å². The van der Waals surface area contributed by atoms with Gasteiger partial charge in [-0.15, -0.1) is 0 Å². The average molecular weight is 512 g/mol.